The lowest BCUT2D eigenvalue weighted by Crippen LogP contribution is -2.30. The molecule has 0 fully saturated rings. The number of pyridine rings is 3. The Balaban J connectivity index is 1.38. The molecule has 5 rings (SSSR count). The first kappa shape index (κ1) is 26.6. The zero-order chi connectivity index (χ0) is 27.9. The predicted octanol–water partition coefficient (Wildman–Crippen LogP) is 4.69. The number of amides is 1. The maximum atomic E-state index is 13.5. The molecule has 5 aromatic rings. The summed E-state index contributed by atoms with van der Waals surface area (Å²) in [5.74, 6) is 0.546. The Morgan fingerprint density at radius 1 is 0.975 bits per heavy atom. The van der Waals surface area contributed by atoms with E-state index in [1.165, 1.54) is 4.57 Å². The largest absolute Gasteiger partial charge is 0.497 e. The van der Waals surface area contributed by atoms with Gasteiger partial charge in [-0.15, -0.1) is 0 Å². The lowest BCUT2D eigenvalue weighted by Gasteiger charge is -2.14. The maximum absolute atomic E-state index is 13.5. The van der Waals surface area contributed by atoms with Crippen LogP contribution in [0.1, 0.15) is 21.5 Å². The molecule has 0 unspecified atom stereocenters. The maximum Gasteiger partial charge on any atom is 0.270 e. The van der Waals surface area contributed by atoms with E-state index >= 15 is 0 Å². The Labute approximate surface area is 231 Å². The molecule has 0 atom stereocenters. The summed E-state index contributed by atoms with van der Waals surface area (Å²) in [5, 5.41) is 6.94. The van der Waals surface area contributed by atoms with Crippen molar-refractivity contribution in [2.75, 3.05) is 38.0 Å². The number of benzene rings is 2. The molecule has 0 radical (unpaired) electrons. The summed E-state index contributed by atoms with van der Waals surface area (Å²) in [5.41, 5.74) is 3.56. The first-order valence-corrected chi connectivity index (χ1v) is 12.8. The molecule has 0 bridgehead atoms. The average molecular weight is 536 g/mol. The van der Waals surface area contributed by atoms with Crippen LogP contribution in [0, 0.1) is 0 Å². The topological polar surface area (TPSA) is 107 Å². The van der Waals surface area contributed by atoms with Crippen molar-refractivity contribution in [2.24, 2.45) is 0 Å². The fraction of sp³-hybridized carbons (Fsp3) is 0.161. The molecule has 0 aliphatic heterocycles. The number of anilines is 2. The zero-order valence-electron chi connectivity index (χ0n) is 22.3. The van der Waals surface area contributed by atoms with E-state index in [9.17, 15) is 9.59 Å². The highest BCUT2D eigenvalue weighted by Crippen LogP contribution is 2.24. The Morgan fingerprint density at radius 2 is 1.82 bits per heavy atom. The molecule has 0 aliphatic rings. The number of nitrogens with one attached hydrogen (secondary N) is 2. The second kappa shape index (κ2) is 12.2. The molecule has 40 heavy (non-hydrogen) atoms. The second-order valence-electron chi connectivity index (χ2n) is 9.07. The number of ether oxygens (including phenoxy) is 2. The van der Waals surface area contributed by atoms with E-state index in [1.54, 1.807) is 44.9 Å². The van der Waals surface area contributed by atoms with Crippen molar-refractivity contribution in [1.29, 1.82) is 0 Å². The molecule has 202 valence electrons. The lowest BCUT2D eigenvalue weighted by atomic mass is 10.0. The Bertz CT molecular complexity index is 1680. The Morgan fingerprint density at radius 3 is 2.58 bits per heavy atom. The third-order valence-electron chi connectivity index (χ3n) is 6.48. The van der Waals surface area contributed by atoms with Gasteiger partial charge in [-0.3, -0.25) is 19.1 Å². The van der Waals surface area contributed by atoms with Crippen LogP contribution in [0.15, 0.2) is 96.2 Å². The Hall–Kier alpha value is -5.02. The monoisotopic (exact) mass is 535 g/mol. The minimum absolute atomic E-state index is 0.00739. The number of para-hydroxylation sites is 1. The van der Waals surface area contributed by atoms with Crippen LogP contribution >= 0.6 is 0 Å². The number of hydrogen-bond acceptors (Lipinski definition) is 7. The van der Waals surface area contributed by atoms with Crippen LogP contribution in [0.3, 0.4) is 0 Å². The van der Waals surface area contributed by atoms with E-state index in [0.29, 0.717) is 36.8 Å². The van der Waals surface area contributed by atoms with Crippen molar-refractivity contribution >= 4 is 28.3 Å². The standard InChI is InChI=1S/C31H29N5O4/c1-39-17-15-33-26-13-16-36(23-6-4-3-5-7-23)31(38)29(26)30(37)35-28-11-8-21(20-34-28)18-22-12-14-32-27-19-24(40-2)9-10-25(22)27/h3-14,16,19-20,33H,15,17-18H2,1-2H3,(H,34,35,37). The van der Waals surface area contributed by atoms with Gasteiger partial charge in [0.2, 0.25) is 0 Å². The Kier molecular flexibility index (Phi) is 8.13. The smallest absolute Gasteiger partial charge is 0.270 e. The van der Waals surface area contributed by atoms with E-state index < -0.39 is 11.5 Å². The van der Waals surface area contributed by atoms with Crippen LogP contribution in [0.2, 0.25) is 0 Å². The third-order valence-corrected chi connectivity index (χ3v) is 6.48. The number of nitrogens with zero attached hydrogens (tertiary/aromatic N) is 3. The summed E-state index contributed by atoms with van der Waals surface area (Å²) in [6.45, 7) is 0.862. The molecule has 0 saturated heterocycles. The second-order valence-corrected chi connectivity index (χ2v) is 9.07. The number of rotatable bonds is 10. The number of methoxy groups -OCH3 is 2. The van der Waals surface area contributed by atoms with Crippen molar-refractivity contribution < 1.29 is 14.3 Å². The molecular weight excluding hydrogens is 506 g/mol. The molecule has 3 aromatic heterocycles. The molecular formula is C31H29N5O4. The van der Waals surface area contributed by atoms with Gasteiger partial charge in [0.1, 0.15) is 17.1 Å². The number of hydrogen-bond donors (Lipinski definition) is 2. The van der Waals surface area contributed by atoms with Crippen LogP contribution in [-0.2, 0) is 11.2 Å². The van der Waals surface area contributed by atoms with Crippen molar-refractivity contribution in [3.8, 4) is 11.4 Å². The van der Waals surface area contributed by atoms with Gasteiger partial charge in [0, 0.05) is 49.4 Å². The summed E-state index contributed by atoms with van der Waals surface area (Å²) < 4.78 is 11.9. The van der Waals surface area contributed by atoms with Crippen LogP contribution < -0.4 is 20.9 Å². The molecule has 9 heteroatoms. The number of carbonyl (C=O) groups is 1. The lowest BCUT2D eigenvalue weighted by molar-refractivity contribution is 0.102. The first-order valence-electron chi connectivity index (χ1n) is 12.8. The zero-order valence-corrected chi connectivity index (χ0v) is 22.3. The normalized spacial score (nSPS) is 10.8. The fourth-order valence-electron chi connectivity index (χ4n) is 4.45. The van der Waals surface area contributed by atoms with Crippen molar-refractivity contribution in [3.05, 3.63) is 118 Å². The minimum Gasteiger partial charge on any atom is -0.497 e. The number of fused-ring (bicyclic) bond motifs is 1. The summed E-state index contributed by atoms with van der Waals surface area (Å²) in [6, 6.07) is 22.3. The molecule has 0 saturated carbocycles. The van der Waals surface area contributed by atoms with Gasteiger partial charge < -0.3 is 20.1 Å². The van der Waals surface area contributed by atoms with Gasteiger partial charge in [-0.1, -0.05) is 24.3 Å². The van der Waals surface area contributed by atoms with Gasteiger partial charge in [0.05, 0.1) is 24.9 Å². The SMILES string of the molecule is COCCNc1ccn(-c2ccccc2)c(=O)c1C(=O)Nc1ccc(Cc2ccnc3cc(OC)ccc23)cn1. The highest BCUT2D eigenvalue weighted by molar-refractivity contribution is 6.07. The van der Waals surface area contributed by atoms with Crippen LogP contribution in [0.4, 0.5) is 11.5 Å². The molecule has 1 amide bonds. The van der Waals surface area contributed by atoms with Crippen LogP contribution in [0.5, 0.6) is 5.75 Å². The minimum atomic E-state index is -0.551. The van der Waals surface area contributed by atoms with Crippen LogP contribution in [-0.4, -0.2) is 47.8 Å². The molecule has 9 nitrogen and oxygen atoms in total. The quantitative estimate of drug-likeness (QED) is 0.250. The molecule has 2 N–H and O–H groups in total. The van der Waals surface area contributed by atoms with Gasteiger partial charge in [-0.25, -0.2) is 4.98 Å². The van der Waals surface area contributed by atoms with E-state index in [4.69, 9.17) is 9.47 Å². The average Bonchev–Trinajstić information content (AvgIpc) is 2.98. The molecule has 0 spiro atoms. The van der Waals surface area contributed by atoms with Crippen molar-refractivity contribution in [3.63, 3.8) is 0 Å². The van der Waals surface area contributed by atoms with Gasteiger partial charge >= 0.3 is 0 Å². The number of carbonyl (C=O) groups excluding carboxylic acids is 1. The highest BCUT2D eigenvalue weighted by atomic mass is 16.5. The van der Waals surface area contributed by atoms with E-state index in [1.807, 2.05) is 60.7 Å². The van der Waals surface area contributed by atoms with Gasteiger partial charge in [-0.2, -0.15) is 0 Å². The first-order chi connectivity index (χ1) is 19.6. The van der Waals surface area contributed by atoms with E-state index in [2.05, 4.69) is 20.6 Å². The molecule has 3 heterocycles. The van der Waals surface area contributed by atoms with Crippen molar-refractivity contribution in [1.82, 2.24) is 14.5 Å². The summed E-state index contributed by atoms with van der Waals surface area (Å²) in [4.78, 5) is 35.7. The van der Waals surface area contributed by atoms with Crippen LogP contribution in [0.25, 0.3) is 16.6 Å². The third kappa shape index (κ3) is 5.84. The van der Waals surface area contributed by atoms with Crippen molar-refractivity contribution in [2.45, 2.75) is 6.42 Å². The summed E-state index contributed by atoms with van der Waals surface area (Å²) in [6.07, 6.45) is 5.78. The summed E-state index contributed by atoms with van der Waals surface area (Å²) >= 11 is 0. The summed E-state index contributed by atoms with van der Waals surface area (Å²) in [7, 11) is 3.22. The van der Waals surface area contributed by atoms with E-state index in [-0.39, 0.29) is 5.56 Å². The van der Waals surface area contributed by atoms with E-state index in [0.717, 1.165) is 27.8 Å². The van der Waals surface area contributed by atoms with Gasteiger partial charge in [0.15, 0.2) is 0 Å². The predicted molar refractivity (Wildman–Crippen MR) is 156 cm³/mol. The molecule has 2 aromatic carbocycles. The number of aromatic nitrogens is 3. The van der Waals surface area contributed by atoms with Gasteiger partial charge in [0.25, 0.3) is 11.5 Å². The highest BCUT2D eigenvalue weighted by Gasteiger charge is 2.19. The molecule has 0 aliphatic carbocycles. The van der Waals surface area contributed by atoms with Gasteiger partial charge in [-0.05, 0) is 60.0 Å². The fourth-order valence-corrected chi connectivity index (χ4v) is 4.45.